The molecule has 1 heterocycles. The number of thioether (sulfide) groups is 1. The number of benzene rings is 2. The molecule has 0 bridgehead atoms. The Labute approximate surface area is 194 Å². The Morgan fingerprint density at radius 1 is 1.16 bits per heavy atom. The summed E-state index contributed by atoms with van der Waals surface area (Å²) < 4.78 is 7.82. The highest BCUT2D eigenvalue weighted by atomic mass is 35.5. The van der Waals surface area contributed by atoms with Gasteiger partial charge in [-0.15, -0.1) is 10.2 Å². The van der Waals surface area contributed by atoms with Crippen molar-refractivity contribution in [1.82, 2.24) is 25.6 Å². The van der Waals surface area contributed by atoms with E-state index in [4.69, 9.17) is 16.3 Å². The van der Waals surface area contributed by atoms with Crippen LogP contribution < -0.4 is 15.6 Å². The molecule has 8 nitrogen and oxygen atoms in total. The highest BCUT2D eigenvalue weighted by molar-refractivity contribution is 7.99. The Bertz CT molecular complexity index is 1130. The molecular weight excluding hydrogens is 450 g/mol. The van der Waals surface area contributed by atoms with E-state index < -0.39 is 0 Å². The first kappa shape index (κ1) is 22.2. The summed E-state index contributed by atoms with van der Waals surface area (Å²) in [5.41, 5.74) is 6.32. The molecule has 1 saturated carbocycles. The molecule has 0 radical (unpaired) electrons. The zero-order valence-electron chi connectivity index (χ0n) is 17.4. The van der Waals surface area contributed by atoms with Gasteiger partial charge in [0.15, 0.2) is 11.0 Å². The van der Waals surface area contributed by atoms with Crippen LogP contribution in [-0.2, 0) is 11.4 Å². The third-order valence-corrected chi connectivity index (χ3v) is 6.02. The van der Waals surface area contributed by atoms with E-state index in [1.54, 1.807) is 30.3 Å². The summed E-state index contributed by atoms with van der Waals surface area (Å²) in [5.74, 6) is 0.646. The van der Waals surface area contributed by atoms with Crippen LogP contribution in [0.1, 0.15) is 40.6 Å². The monoisotopic (exact) mass is 471 g/mol. The topological polar surface area (TPSA) is 98.1 Å². The molecular formula is C22H22ClN5O3S. The van der Waals surface area contributed by atoms with Gasteiger partial charge in [0.25, 0.3) is 5.91 Å². The molecule has 2 aromatic carbocycles. The predicted molar refractivity (Wildman–Crippen MR) is 122 cm³/mol. The Hall–Kier alpha value is -3.04. The van der Waals surface area contributed by atoms with Gasteiger partial charge in [-0.3, -0.25) is 25.0 Å². The molecule has 10 heteroatoms. The largest absolute Gasteiger partial charge is 0.484 e. The normalized spacial score (nSPS) is 12.9. The van der Waals surface area contributed by atoms with E-state index >= 15 is 0 Å². The third kappa shape index (κ3) is 5.60. The molecule has 166 valence electrons. The fourth-order valence-electron chi connectivity index (χ4n) is 3.06. The number of aryl methyl sites for hydroxylation is 1. The summed E-state index contributed by atoms with van der Waals surface area (Å²) in [4.78, 5) is 24.4. The van der Waals surface area contributed by atoms with Crippen LogP contribution in [0.4, 0.5) is 0 Å². The van der Waals surface area contributed by atoms with E-state index in [9.17, 15) is 9.59 Å². The molecule has 0 spiro atoms. The molecule has 2 amide bonds. The number of amides is 2. The maximum atomic E-state index is 12.2. The minimum Gasteiger partial charge on any atom is -0.484 e. The summed E-state index contributed by atoms with van der Waals surface area (Å²) in [5, 5.41) is 9.65. The Balaban J connectivity index is 1.31. The molecule has 1 fully saturated rings. The van der Waals surface area contributed by atoms with Gasteiger partial charge in [0.2, 0.25) is 5.91 Å². The lowest BCUT2D eigenvalue weighted by Gasteiger charge is -2.11. The number of hydrogen-bond donors (Lipinski definition) is 2. The molecule has 3 aromatic rings. The lowest BCUT2D eigenvalue weighted by molar-refractivity contribution is -0.119. The number of aromatic nitrogens is 3. The summed E-state index contributed by atoms with van der Waals surface area (Å²) >= 11 is 7.41. The molecule has 2 N–H and O–H groups in total. The first-order chi connectivity index (χ1) is 15.5. The van der Waals surface area contributed by atoms with Gasteiger partial charge in [0.05, 0.1) is 10.8 Å². The lowest BCUT2D eigenvalue weighted by atomic mass is 10.1. The van der Waals surface area contributed by atoms with Crippen molar-refractivity contribution in [2.75, 3.05) is 5.75 Å². The smallest absolute Gasteiger partial charge is 0.269 e. The van der Waals surface area contributed by atoms with Crippen LogP contribution in [-0.4, -0.2) is 32.3 Å². The minimum atomic E-state index is -0.368. The van der Waals surface area contributed by atoms with Crippen molar-refractivity contribution in [1.29, 1.82) is 0 Å². The Kier molecular flexibility index (Phi) is 6.96. The first-order valence-corrected chi connectivity index (χ1v) is 11.5. The maximum absolute atomic E-state index is 12.2. The number of para-hydroxylation sites is 1. The van der Waals surface area contributed by atoms with Crippen LogP contribution in [0.15, 0.2) is 53.7 Å². The van der Waals surface area contributed by atoms with Gasteiger partial charge in [-0.05, 0) is 44.0 Å². The van der Waals surface area contributed by atoms with Gasteiger partial charge in [0.1, 0.15) is 12.4 Å². The van der Waals surface area contributed by atoms with Crippen LogP contribution in [0.3, 0.4) is 0 Å². The molecule has 1 aliphatic rings. The number of hydrazine groups is 1. The second kappa shape index (κ2) is 10.1. The summed E-state index contributed by atoms with van der Waals surface area (Å²) in [6, 6.07) is 14.7. The predicted octanol–water partition coefficient (Wildman–Crippen LogP) is 3.71. The van der Waals surface area contributed by atoms with E-state index in [2.05, 4.69) is 21.0 Å². The van der Waals surface area contributed by atoms with E-state index in [-0.39, 0.29) is 24.2 Å². The van der Waals surface area contributed by atoms with Crippen LogP contribution in [0.25, 0.3) is 0 Å². The fourth-order valence-corrected chi connectivity index (χ4v) is 4.07. The zero-order chi connectivity index (χ0) is 22.5. The van der Waals surface area contributed by atoms with Crippen molar-refractivity contribution in [2.45, 2.75) is 37.6 Å². The second-order valence-corrected chi connectivity index (χ2v) is 8.73. The van der Waals surface area contributed by atoms with Gasteiger partial charge in [-0.1, -0.05) is 53.2 Å². The number of nitrogens with zero attached hydrogens (tertiary/aromatic N) is 3. The van der Waals surface area contributed by atoms with Crippen molar-refractivity contribution in [2.24, 2.45) is 0 Å². The van der Waals surface area contributed by atoms with Gasteiger partial charge >= 0.3 is 0 Å². The van der Waals surface area contributed by atoms with Crippen LogP contribution in [0.2, 0.25) is 5.02 Å². The average Bonchev–Trinajstić information content (AvgIpc) is 3.55. The summed E-state index contributed by atoms with van der Waals surface area (Å²) in [6.45, 7) is 2.13. The molecule has 1 aliphatic carbocycles. The number of carbonyl (C=O) groups excluding carboxylic acids is 2. The molecule has 0 saturated heterocycles. The number of carbonyl (C=O) groups is 2. The number of ether oxygens (including phenoxy) is 1. The molecule has 0 aliphatic heterocycles. The second-order valence-electron chi connectivity index (χ2n) is 7.38. The lowest BCUT2D eigenvalue weighted by Crippen LogP contribution is -2.42. The molecule has 0 unspecified atom stereocenters. The van der Waals surface area contributed by atoms with Gasteiger partial charge in [0, 0.05) is 11.6 Å². The van der Waals surface area contributed by atoms with Gasteiger partial charge in [-0.2, -0.15) is 0 Å². The van der Waals surface area contributed by atoms with Crippen LogP contribution >= 0.6 is 23.4 Å². The SMILES string of the molecule is Cc1cccc(C(=O)NNC(=O)CSc2nnc(COc3ccccc3Cl)n2C2CC2)c1. The van der Waals surface area contributed by atoms with Crippen molar-refractivity contribution < 1.29 is 14.3 Å². The van der Waals surface area contributed by atoms with Crippen LogP contribution in [0.5, 0.6) is 5.75 Å². The van der Waals surface area contributed by atoms with Crippen molar-refractivity contribution in [3.8, 4) is 5.75 Å². The highest BCUT2D eigenvalue weighted by Crippen LogP contribution is 2.39. The number of rotatable bonds is 8. The maximum Gasteiger partial charge on any atom is 0.269 e. The molecule has 0 atom stereocenters. The Morgan fingerprint density at radius 3 is 2.72 bits per heavy atom. The number of halogens is 1. The first-order valence-electron chi connectivity index (χ1n) is 10.1. The standard InChI is InChI=1S/C22H22ClN5O3S/c1-14-5-4-6-15(11-14)21(30)26-25-20(29)13-32-22-27-24-19(28(22)16-9-10-16)12-31-18-8-3-2-7-17(18)23/h2-8,11,16H,9-10,12-13H2,1H3,(H,25,29)(H,26,30). The van der Waals surface area contributed by atoms with E-state index in [0.717, 1.165) is 18.4 Å². The summed E-state index contributed by atoms with van der Waals surface area (Å²) in [6.07, 6.45) is 2.06. The fraction of sp³-hybridized carbons (Fsp3) is 0.273. The van der Waals surface area contributed by atoms with Crippen molar-refractivity contribution in [3.63, 3.8) is 0 Å². The van der Waals surface area contributed by atoms with Crippen molar-refractivity contribution in [3.05, 3.63) is 70.5 Å². The van der Waals surface area contributed by atoms with Gasteiger partial charge < -0.3 is 4.74 Å². The molecule has 4 rings (SSSR count). The number of nitrogens with one attached hydrogen (secondary N) is 2. The zero-order valence-corrected chi connectivity index (χ0v) is 18.9. The molecule has 1 aromatic heterocycles. The van der Waals surface area contributed by atoms with Crippen molar-refractivity contribution >= 4 is 35.2 Å². The molecule has 32 heavy (non-hydrogen) atoms. The highest BCUT2D eigenvalue weighted by Gasteiger charge is 2.30. The van der Waals surface area contributed by atoms with Crippen LogP contribution in [0, 0.1) is 6.92 Å². The van der Waals surface area contributed by atoms with E-state index in [0.29, 0.717) is 33.4 Å². The third-order valence-electron chi connectivity index (χ3n) is 4.77. The quantitative estimate of drug-likeness (QED) is 0.384. The Morgan fingerprint density at radius 2 is 1.97 bits per heavy atom. The van der Waals surface area contributed by atoms with E-state index in [1.807, 2.05) is 29.7 Å². The van der Waals surface area contributed by atoms with E-state index in [1.165, 1.54) is 11.8 Å². The number of hydrogen-bond acceptors (Lipinski definition) is 6. The van der Waals surface area contributed by atoms with Gasteiger partial charge in [-0.25, -0.2) is 0 Å². The minimum absolute atomic E-state index is 0.0876. The average molecular weight is 472 g/mol. The summed E-state index contributed by atoms with van der Waals surface area (Å²) in [7, 11) is 0.